The molecule has 0 bridgehead atoms. The third-order valence-electron chi connectivity index (χ3n) is 7.57. The molecule has 43 heavy (non-hydrogen) atoms. The molecule has 1 fully saturated rings. The lowest BCUT2D eigenvalue weighted by atomic mass is 9.98. The van der Waals surface area contributed by atoms with Gasteiger partial charge in [0.2, 0.25) is 6.29 Å². The van der Waals surface area contributed by atoms with Crippen molar-refractivity contribution in [1.29, 1.82) is 0 Å². The van der Waals surface area contributed by atoms with E-state index >= 15 is 0 Å². The van der Waals surface area contributed by atoms with Gasteiger partial charge in [-0.15, -0.1) is 0 Å². The van der Waals surface area contributed by atoms with E-state index in [0.29, 0.717) is 25.6 Å². The van der Waals surface area contributed by atoms with Gasteiger partial charge in [0, 0.05) is 5.39 Å². The Morgan fingerprint density at radius 3 is 1.74 bits per heavy atom. The van der Waals surface area contributed by atoms with E-state index in [2.05, 4.69) is 0 Å². The third-order valence-corrected chi connectivity index (χ3v) is 7.57. The van der Waals surface area contributed by atoms with Gasteiger partial charge in [0.05, 0.1) is 26.4 Å². The van der Waals surface area contributed by atoms with Crippen LogP contribution in [-0.4, -0.2) is 42.4 Å². The first-order valence-electron chi connectivity index (χ1n) is 14.7. The number of aliphatic hydroxyl groups is 1. The Morgan fingerprint density at radius 2 is 1.09 bits per heavy atom. The molecule has 5 aromatic carbocycles. The minimum Gasteiger partial charge on any atom is -0.461 e. The molecule has 5 aromatic rings. The van der Waals surface area contributed by atoms with Crippen molar-refractivity contribution in [2.45, 2.75) is 50.5 Å². The summed E-state index contributed by atoms with van der Waals surface area (Å²) in [5, 5.41) is 13.7. The average molecular weight is 577 g/mol. The van der Waals surface area contributed by atoms with Crippen LogP contribution < -0.4 is 4.74 Å². The van der Waals surface area contributed by atoms with Crippen LogP contribution in [0.2, 0.25) is 0 Å². The fourth-order valence-corrected chi connectivity index (χ4v) is 5.34. The second kappa shape index (κ2) is 14.4. The van der Waals surface area contributed by atoms with Crippen LogP contribution in [0.4, 0.5) is 0 Å². The van der Waals surface area contributed by atoms with Gasteiger partial charge in [0.25, 0.3) is 0 Å². The lowest BCUT2D eigenvalue weighted by Gasteiger charge is -2.44. The molecule has 0 aromatic heterocycles. The van der Waals surface area contributed by atoms with Gasteiger partial charge in [0.15, 0.2) is 0 Å². The number of ether oxygens (including phenoxy) is 5. The van der Waals surface area contributed by atoms with Crippen LogP contribution in [0.5, 0.6) is 5.75 Å². The molecule has 0 saturated carbocycles. The van der Waals surface area contributed by atoms with E-state index in [9.17, 15) is 5.11 Å². The lowest BCUT2D eigenvalue weighted by molar-refractivity contribution is -0.299. The van der Waals surface area contributed by atoms with Crippen LogP contribution in [0.15, 0.2) is 133 Å². The molecule has 0 amide bonds. The summed E-state index contributed by atoms with van der Waals surface area (Å²) in [5.41, 5.74) is 3.06. The van der Waals surface area contributed by atoms with Gasteiger partial charge in [-0.05, 0) is 28.1 Å². The highest BCUT2D eigenvalue weighted by Crippen LogP contribution is 2.32. The summed E-state index contributed by atoms with van der Waals surface area (Å²) < 4.78 is 32.0. The SMILES string of the molecule is O[C@H]1[C@H](Oc2cccc3ccccc23)O[C@H](COCc2ccccc2)[C@@H](OCc2ccccc2)[C@@H]1OCc1ccccc1. The fraction of sp³-hybridized carbons (Fsp3) is 0.243. The number of hydrogen-bond acceptors (Lipinski definition) is 6. The molecule has 0 radical (unpaired) electrons. The molecule has 1 aliphatic heterocycles. The predicted octanol–water partition coefficient (Wildman–Crippen LogP) is 6.69. The van der Waals surface area contributed by atoms with Gasteiger partial charge in [-0.2, -0.15) is 0 Å². The van der Waals surface area contributed by atoms with Crippen molar-refractivity contribution in [3.8, 4) is 5.75 Å². The average Bonchev–Trinajstić information content (AvgIpc) is 3.06. The molecule has 0 unspecified atom stereocenters. The number of hydrogen-bond donors (Lipinski definition) is 1. The highest BCUT2D eigenvalue weighted by Gasteiger charge is 2.48. The van der Waals surface area contributed by atoms with E-state index in [1.807, 2.05) is 133 Å². The minimum absolute atomic E-state index is 0.224. The fourth-order valence-electron chi connectivity index (χ4n) is 5.34. The van der Waals surface area contributed by atoms with Gasteiger partial charge in [-0.25, -0.2) is 0 Å². The highest BCUT2D eigenvalue weighted by molar-refractivity contribution is 5.88. The summed E-state index contributed by atoms with van der Waals surface area (Å²) in [7, 11) is 0. The van der Waals surface area contributed by atoms with Gasteiger partial charge in [-0.3, -0.25) is 0 Å². The van der Waals surface area contributed by atoms with Crippen molar-refractivity contribution < 1.29 is 28.8 Å². The summed E-state index contributed by atoms with van der Waals surface area (Å²) in [6, 6.07) is 43.6. The smallest absolute Gasteiger partial charge is 0.229 e. The topological polar surface area (TPSA) is 66.4 Å². The van der Waals surface area contributed by atoms with Gasteiger partial charge in [-0.1, -0.05) is 127 Å². The lowest BCUT2D eigenvalue weighted by Crippen LogP contribution is -2.61. The molecule has 0 aliphatic carbocycles. The molecule has 6 nitrogen and oxygen atoms in total. The Labute approximate surface area is 252 Å². The standard InChI is InChI=1S/C37H36O6/c38-34-36(41-25-29-17-8-3-9-18-29)35(40-24-28-15-6-2-7-16-28)33(26-39-23-27-13-4-1-5-14-27)43-37(34)42-32-22-12-20-30-19-10-11-21-31(30)32/h1-22,33-38H,23-26H2/t33-,34-,35-,36-,37-/m1/s1. The molecule has 1 aliphatic rings. The number of aliphatic hydroxyl groups excluding tert-OH is 1. The van der Waals surface area contributed by atoms with Crippen LogP contribution >= 0.6 is 0 Å². The summed E-state index contributed by atoms with van der Waals surface area (Å²) in [4.78, 5) is 0. The van der Waals surface area contributed by atoms with E-state index in [1.54, 1.807) is 0 Å². The Balaban J connectivity index is 1.27. The van der Waals surface area contributed by atoms with Crippen LogP contribution in [0, 0.1) is 0 Å². The molecule has 220 valence electrons. The molecule has 6 heteroatoms. The van der Waals surface area contributed by atoms with Crippen molar-refractivity contribution in [3.05, 3.63) is 150 Å². The van der Waals surface area contributed by atoms with Gasteiger partial charge >= 0.3 is 0 Å². The molecule has 1 saturated heterocycles. The summed E-state index contributed by atoms with van der Waals surface area (Å²) in [6.45, 7) is 1.27. The van der Waals surface area contributed by atoms with Crippen molar-refractivity contribution >= 4 is 10.8 Å². The first-order chi connectivity index (χ1) is 21.2. The normalized spacial score (nSPS) is 21.9. The zero-order chi connectivity index (χ0) is 29.3. The number of benzene rings is 5. The Hall–Kier alpha value is -4.04. The summed E-state index contributed by atoms with van der Waals surface area (Å²) >= 11 is 0. The Morgan fingerprint density at radius 1 is 0.558 bits per heavy atom. The largest absolute Gasteiger partial charge is 0.461 e. The highest BCUT2D eigenvalue weighted by atomic mass is 16.7. The van der Waals surface area contributed by atoms with Crippen molar-refractivity contribution in [2.24, 2.45) is 0 Å². The van der Waals surface area contributed by atoms with E-state index in [-0.39, 0.29) is 6.61 Å². The van der Waals surface area contributed by atoms with Crippen molar-refractivity contribution in [2.75, 3.05) is 6.61 Å². The minimum atomic E-state index is -1.13. The van der Waals surface area contributed by atoms with E-state index in [0.717, 1.165) is 27.5 Å². The monoisotopic (exact) mass is 576 g/mol. The Kier molecular flexibility index (Phi) is 9.74. The molecule has 1 N–H and O–H groups in total. The molecular formula is C37H36O6. The van der Waals surface area contributed by atoms with E-state index in [1.165, 1.54) is 0 Å². The van der Waals surface area contributed by atoms with E-state index in [4.69, 9.17) is 23.7 Å². The first-order valence-corrected chi connectivity index (χ1v) is 14.7. The van der Waals surface area contributed by atoms with E-state index < -0.39 is 30.7 Å². The van der Waals surface area contributed by atoms with Crippen molar-refractivity contribution in [3.63, 3.8) is 0 Å². The molecular weight excluding hydrogens is 540 g/mol. The summed E-state index contributed by atoms with van der Waals surface area (Å²) in [6.07, 6.45) is -4.08. The summed E-state index contributed by atoms with van der Waals surface area (Å²) in [5.74, 6) is 0.622. The van der Waals surface area contributed by atoms with Crippen molar-refractivity contribution in [1.82, 2.24) is 0 Å². The maximum Gasteiger partial charge on any atom is 0.229 e. The zero-order valence-electron chi connectivity index (χ0n) is 23.9. The van der Waals surface area contributed by atoms with Crippen LogP contribution in [0.3, 0.4) is 0 Å². The molecule has 5 atom stereocenters. The maximum atomic E-state index is 11.7. The Bertz CT molecular complexity index is 1540. The molecule has 0 spiro atoms. The second-order valence-electron chi connectivity index (χ2n) is 10.7. The quantitative estimate of drug-likeness (QED) is 0.179. The van der Waals surface area contributed by atoms with Crippen LogP contribution in [0.1, 0.15) is 16.7 Å². The zero-order valence-corrected chi connectivity index (χ0v) is 23.9. The van der Waals surface area contributed by atoms with Gasteiger partial charge < -0.3 is 28.8 Å². The molecule has 1 heterocycles. The maximum absolute atomic E-state index is 11.7. The van der Waals surface area contributed by atoms with Crippen LogP contribution in [0.25, 0.3) is 10.8 Å². The van der Waals surface area contributed by atoms with Crippen LogP contribution in [-0.2, 0) is 38.8 Å². The number of fused-ring (bicyclic) bond motifs is 1. The predicted molar refractivity (Wildman–Crippen MR) is 165 cm³/mol. The third kappa shape index (κ3) is 7.49. The van der Waals surface area contributed by atoms with Gasteiger partial charge in [0.1, 0.15) is 30.2 Å². The second-order valence-corrected chi connectivity index (χ2v) is 10.7. The number of rotatable bonds is 12. The first kappa shape index (κ1) is 29.1. The molecule has 6 rings (SSSR count).